The average Bonchev–Trinajstić information content (AvgIpc) is 3.31. The van der Waals surface area contributed by atoms with Gasteiger partial charge in [0.05, 0.1) is 0 Å². The normalized spacial score (nSPS) is 10.7. The van der Waals surface area contributed by atoms with E-state index in [-0.39, 0.29) is 17.3 Å². The fourth-order valence-electron chi connectivity index (χ4n) is 2.44. The number of rotatable bonds is 6. The molecule has 0 bridgehead atoms. The molecule has 9 heteroatoms. The van der Waals surface area contributed by atoms with Crippen LogP contribution in [0.3, 0.4) is 0 Å². The van der Waals surface area contributed by atoms with Crippen LogP contribution in [0.5, 0.6) is 0 Å². The highest BCUT2D eigenvalue weighted by molar-refractivity contribution is 7.19. The molecular formula is C18H16N8S. The van der Waals surface area contributed by atoms with Crippen molar-refractivity contribution in [3.05, 3.63) is 41.7 Å². The van der Waals surface area contributed by atoms with Crippen LogP contribution in [-0.2, 0) is 0 Å². The number of hydrogen-bond donors (Lipinski definition) is 1. The lowest BCUT2D eigenvalue weighted by atomic mass is 10.2. The first-order valence-corrected chi connectivity index (χ1v) is 9.14. The van der Waals surface area contributed by atoms with Crippen LogP contribution >= 0.6 is 11.3 Å². The summed E-state index contributed by atoms with van der Waals surface area (Å²) >= 11 is 1.44. The van der Waals surface area contributed by atoms with Gasteiger partial charge in [-0.3, -0.25) is 0 Å². The highest BCUT2D eigenvalue weighted by atomic mass is 32.1. The van der Waals surface area contributed by atoms with E-state index in [4.69, 9.17) is 15.5 Å². The van der Waals surface area contributed by atoms with E-state index in [1.807, 2.05) is 42.5 Å². The lowest BCUT2D eigenvalue weighted by Crippen LogP contribution is -2.21. The van der Waals surface area contributed by atoms with Crippen molar-refractivity contribution in [3.63, 3.8) is 0 Å². The Bertz CT molecular complexity index is 1000. The minimum Gasteiger partial charge on any atom is -0.349 e. The Labute approximate surface area is 160 Å². The lowest BCUT2D eigenvalue weighted by molar-refractivity contribution is 0.860. The number of nitrogens with zero attached hydrogens (tertiary/aromatic N) is 7. The van der Waals surface area contributed by atoms with Crippen LogP contribution in [0, 0.1) is 22.7 Å². The third-order valence-corrected chi connectivity index (χ3v) is 4.82. The van der Waals surface area contributed by atoms with Crippen molar-refractivity contribution in [1.82, 2.24) is 15.0 Å². The molecule has 3 rings (SSSR count). The highest BCUT2D eigenvalue weighted by Gasteiger charge is 2.16. The maximum atomic E-state index is 9.00. The van der Waals surface area contributed by atoms with Crippen molar-refractivity contribution >= 4 is 27.4 Å². The van der Waals surface area contributed by atoms with Gasteiger partial charge in [0, 0.05) is 18.7 Å². The van der Waals surface area contributed by atoms with E-state index in [0.717, 1.165) is 29.5 Å². The fraction of sp³-hybridized carbons (Fsp3) is 0.222. The maximum Gasteiger partial charge on any atom is 0.249 e. The monoisotopic (exact) mass is 376 g/mol. The van der Waals surface area contributed by atoms with Crippen molar-refractivity contribution in [3.8, 4) is 23.4 Å². The first kappa shape index (κ1) is 18.2. The first-order valence-electron chi connectivity index (χ1n) is 8.33. The van der Waals surface area contributed by atoms with Crippen molar-refractivity contribution in [2.75, 3.05) is 18.0 Å². The number of anilines is 1. The van der Waals surface area contributed by atoms with E-state index in [1.54, 1.807) is 0 Å². The molecule has 0 aliphatic heterocycles. The summed E-state index contributed by atoms with van der Waals surface area (Å²) in [6, 6.07) is 13.5. The van der Waals surface area contributed by atoms with Crippen LogP contribution in [0.15, 0.2) is 40.6 Å². The third kappa shape index (κ3) is 3.84. The standard InChI is InChI=1S/C18H16N8S/c1-3-26(4-2)18-23-15(12-8-6-5-7-9-12)16(27-18)24-25-17-21-13(10-19)14(11-20)22-17/h5-9H,3-4H2,1-2H3,(H,21,22). The molecule has 0 spiro atoms. The number of H-pyrrole nitrogens is 1. The van der Waals surface area contributed by atoms with Crippen LogP contribution in [-0.4, -0.2) is 28.0 Å². The SMILES string of the molecule is CCN(CC)c1nc(-c2ccccc2)c(N=Nc2nc(C#N)c(C#N)[nH]2)s1. The molecule has 1 aromatic carbocycles. The Hall–Kier alpha value is -3.56. The largest absolute Gasteiger partial charge is 0.349 e. The number of nitriles is 2. The van der Waals surface area contributed by atoms with Gasteiger partial charge < -0.3 is 9.88 Å². The number of thiazole rings is 1. The van der Waals surface area contributed by atoms with E-state index < -0.39 is 0 Å². The molecule has 0 radical (unpaired) electrons. The summed E-state index contributed by atoms with van der Waals surface area (Å²) in [6.07, 6.45) is 0. The minimum absolute atomic E-state index is 0.00266. The Morgan fingerprint density at radius 3 is 2.41 bits per heavy atom. The molecule has 2 heterocycles. The van der Waals surface area contributed by atoms with E-state index in [9.17, 15) is 0 Å². The molecule has 134 valence electrons. The Morgan fingerprint density at radius 1 is 1.07 bits per heavy atom. The molecule has 0 fully saturated rings. The quantitative estimate of drug-likeness (QED) is 0.634. The number of aromatic nitrogens is 3. The zero-order valence-corrected chi connectivity index (χ0v) is 15.7. The van der Waals surface area contributed by atoms with Crippen molar-refractivity contribution < 1.29 is 0 Å². The van der Waals surface area contributed by atoms with Gasteiger partial charge in [-0.05, 0) is 13.8 Å². The van der Waals surface area contributed by atoms with E-state index >= 15 is 0 Å². The molecule has 0 unspecified atom stereocenters. The molecule has 1 N–H and O–H groups in total. The van der Waals surface area contributed by atoms with Crippen LogP contribution in [0.2, 0.25) is 0 Å². The molecule has 27 heavy (non-hydrogen) atoms. The second-order valence-electron chi connectivity index (χ2n) is 5.40. The van der Waals surface area contributed by atoms with Crippen molar-refractivity contribution in [2.45, 2.75) is 13.8 Å². The van der Waals surface area contributed by atoms with Gasteiger partial charge in [0.2, 0.25) is 5.95 Å². The highest BCUT2D eigenvalue weighted by Crippen LogP contribution is 2.40. The topological polar surface area (TPSA) is 117 Å². The second kappa shape index (κ2) is 8.21. The third-order valence-electron chi connectivity index (χ3n) is 3.82. The number of hydrogen-bond acceptors (Lipinski definition) is 8. The number of nitrogens with one attached hydrogen (secondary N) is 1. The van der Waals surface area contributed by atoms with Gasteiger partial charge in [0.25, 0.3) is 0 Å². The van der Waals surface area contributed by atoms with Gasteiger partial charge in [-0.2, -0.15) is 15.5 Å². The van der Waals surface area contributed by atoms with Crippen molar-refractivity contribution in [1.29, 1.82) is 10.5 Å². The van der Waals surface area contributed by atoms with Crippen molar-refractivity contribution in [2.24, 2.45) is 10.2 Å². The van der Waals surface area contributed by atoms with Gasteiger partial charge in [-0.25, -0.2) is 4.98 Å². The summed E-state index contributed by atoms with van der Waals surface area (Å²) < 4.78 is 0. The summed E-state index contributed by atoms with van der Waals surface area (Å²) in [5.41, 5.74) is 1.75. The molecule has 0 aliphatic rings. The Morgan fingerprint density at radius 2 is 1.81 bits per heavy atom. The molecular weight excluding hydrogens is 360 g/mol. The molecule has 0 amide bonds. The van der Waals surface area contributed by atoms with E-state index in [2.05, 4.69) is 38.9 Å². The molecule has 0 saturated heterocycles. The number of aromatic amines is 1. The molecule has 0 atom stereocenters. The molecule has 8 nitrogen and oxygen atoms in total. The average molecular weight is 376 g/mol. The maximum absolute atomic E-state index is 9.00. The lowest BCUT2D eigenvalue weighted by Gasteiger charge is -2.16. The molecule has 3 aromatic rings. The number of azo groups is 1. The summed E-state index contributed by atoms with van der Waals surface area (Å²) in [6.45, 7) is 5.82. The van der Waals surface area contributed by atoms with Gasteiger partial charge in [0.1, 0.15) is 17.8 Å². The Balaban J connectivity index is 2.02. The summed E-state index contributed by atoms with van der Waals surface area (Å²) in [4.78, 5) is 13.5. The van der Waals surface area contributed by atoms with E-state index in [1.165, 1.54) is 11.3 Å². The first-order chi connectivity index (χ1) is 13.2. The smallest absolute Gasteiger partial charge is 0.249 e. The van der Waals surface area contributed by atoms with Gasteiger partial charge in [-0.15, -0.1) is 10.2 Å². The van der Waals surface area contributed by atoms with E-state index in [0.29, 0.717) is 5.00 Å². The number of imidazole rings is 1. The predicted octanol–water partition coefficient (Wildman–Crippen LogP) is 4.54. The zero-order chi connectivity index (χ0) is 19.2. The zero-order valence-electron chi connectivity index (χ0n) is 14.8. The summed E-state index contributed by atoms with van der Waals surface area (Å²) in [5, 5.41) is 27.9. The van der Waals surface area contributed by atoms with Crippen LogP contribution in [0.1, 0.15) is 25.2 Å². The second-order valence-corrected chi connectivity index (χ2v) is 6.35. The molecule has 0 saturated carbocycles. The number of benzene rings is 1. The van der Waals surface area contributed by atoms with Gasteiger partial charge in [0.15, 0.2) is 21.5 Å². The fourth-order valence-corrected chi connectivity index (χ4v) is 3.48. The molecule has 0 aliphatic carbocycles. The Kier molecular flexibility index (Phi) is 5.55. The predicted molar refractivity (Wildman–Crippen MR) is 103 cm³/mol. The van der Waals surface area contributed by atoms with Gasteiger partial charge in [-0.1, -0.05) is 41.7 Å². The van der Waals surface area contributed by atoms with Crippen LogP contribution in [0.25, 0.3) is 11.3 Å². The minimum atomic E-state index is 0.00266. The van der Waals surface area contributed by atoms with Crippen LogP contribution in [0.4, 0.5) is 16.1 Å². The summed E-state index contributed by atoms with van der Waals surface area (Å²) in [5.74, 6) is 0.111. The van der Waals surface area contributed by atoms with Crippen LogP contribution < -0.4 is 4.90 Å². The van der Waals surface area contributed by atoms with Gasteiger partial charge >= 0.3 is 0 Å². The molecule has 2 aromatic heterocycles. The summed E-state index contributed by atoms with van der Waals surface area (Å²) in [7, 11) is 0.